The highest BCUT2D eigenvalue weighted by atomic mass is 16.1. The number of hydrogen-bond donors (Lipinski definition) is 1. The van der Waals surface area contributed by atoms with Crippen molar-refractivity contribution < 1.29 is 4.79 Å². The molecule has 0 rings (SSSR count). The summed E-state index contributed by atoms with van der Waals surface area (Å²) in [7, 11) is 0. The molecule has 0 aromatic carbocycles. The Labute approximate surface area is 73.1 Å². The zero-order chi connectivity index (χ0) is 9.78. The van der Waals surface area contributed by atoms with Crippen LogP contribution < -0.4 is 5.32 Å². The molecule has 0 aliphatic carbocycles. The average Bonchev–Trinajstić information content (AvgIpc) is 1.85. The van der Waals surface area contributed by atoms with Crippen LogP contribution in [0.15, 0.2) is 11.6 Å². The first kappa shape index (κ1) is 10.7. The number of nitriles is 1. The van der Waals surface area contributed by atoms with Crippen LogP contribution in [0.3, 0.4) is 0 Å². The van der Waals surface area contributed by atoms with E-state index in [0.717, 1.165) is 0 Å². The lowest BCUT2D eigenvalue weighted by Gasteiger charge is -2.19. The fourth-order valence-corrected chi connectivity index (χ4v) is 0.654. The van der Waals surface area contributed by atoms with Crippen molar-refractivity contribution in [3.8, 4) is 6.07 Å². The van der Waals surface area contributed by atoms with E-state index in [-0.39, 0.29) is 17.0 Å². The highest BCUT2D eigenvalue weighted by Crippen LogP contribution is 2.01. The van der Waals surface area contributed by atoms with Crippen molar-refractivity contribution in [2.24, 2.45) is 0 Å². The van der Waals surface area contributed by atoms with Crippen LogP contribution in [0.25, 0.3) is 0 Å². The molecule has 0 saturated carbocycles. The van der Waals surface area contributed by atoms with Crippen molar-refractivity contribution >= 4 is 5.91 Å². The van der Waals surface area contributed by atoms with Gasteiger partial charge in [-0.3, -0.25) is 4.79 Å². The number of nitrogens with one attached hydrogen (secondary N) is 1. The minimum Gasteiger partial charge on any atom is -0.347 e. The Balaban J connectivity index is 4.36. The third kappa shape index (κ3) is 3.77. The highest BCUT2D eigenvalue weighted by molar-refractivity contribution is 5.97. The van der Waals surface area contributed by atoms with Crippen LogP contribution in [0, 0.1) is 11.3 Å². The van der Waals surface area contributed by atoms with E-state index in [1.165, 1.54) is 6.08 Å². The van der Waals surface area contributed by atoms with Gasteiger partial charge in [0.05, 0.1) is 0 Å². The second-order valence-corrected chi connectivity index (χ2v) is 3.52. The second kappa shape index (κ2) is 3.91. The molecule has 0 saturated heterocycles. The lowest BCUT2D eigenvalue weighted by Crippen LogP contribution is -2.41. The van der Waals surface area contributed by atoms with Crippen LogP contribution >= 0.6 is 0 Å². The standard InChI is InChI=1S/C9H14N2O/c1-5-7(6-10)8(12)11-9(2,3)4/h5H,1-4H3,(H,11,12)/b7-5+. The Bertz CT molecular complexity index is 240. The van der Waals surface area contributed by atoms with Crippen LogP contribution in [0.4, 0.5) is 0 Å². The predicted molar refractivity (Wildman–Crippen MR) is 47.3 cm³/mol. The largest absolute Gasteiger partial charge is 0.347 e. The van der Waals surface area contributed by atoms with E-state index >= 15 is 0 Å². The molecule has 1 amide bonds. The summed E-state index contributed by atoms with van der Waals surface area (Å²) in [5.41, 5.74) is -0.132. The Morgan fingerprint density at radius 2 is 2.00 bits per heavy atom. The average molecular weight is 166 g/mol. The quantitative estimate of drug-likeness (QED) is 0.472. The van der Waals surface area contributed by atoms with Gasteiger partial charge in [-0.15, -0.1) is 0 Å². The predicted octanol–water partition coefficient (Wildman–Crippen LogP) is 1.37. The monoisotopic (exact) mass is 166 g/mol. The van der Waals surface area contributed by atoms with Crippen molar-refractivity contribution in [1.29, 1.82) is 5.26 Å². The summed E-state index contributed by atoms with van der Waals surface area (Å²) in [6, 6.07) is 1.82. The summed E-state index contributed by atoms with van der Waals surface area (Å²) in [6.07, 6.45) is 1.50. The molecule has 0 radical (unpaired) electrons. The summed E-state index contributed by atoms with van der Waals surface area (Å²) < 4.78 is 0. The summed E-state index contributed by atoms with van der Waals surface area (Å²) in [5, 5.41) is 11.2. The Kier molecular flexibility index (Phi) is 3.49. The van der Waals surface area contributed by atoms with Gasteiger partial charge in [0.1, 0.15) is 11.6 Å². The van der Waals surface area contributed by atoms with E-state index in [1.54, 1.807) is 6.92 Å². The summed E-state index contributed by atoms with van der Waals surface area (Å²) in [6.45, 7) is 7.28. The molecule has 0 aromatic heterocycles. The molecule has 3 nitrogen and oxygen atoms in total. The maximum atomic E-state index is 11.2. The van der Waals surface area contributed by atoms with Gasteiger partial charge in [0.15, 0.2) is 0 Å². The van der Waals surface area contributed by atoms with Crippen molar-refractivity contribution in [2.45, 2.75) is 33.2 Å². The van der Waals surface area contributed by atoms with Crippen molar-refractivity contribution in [2.75, 3.05) is 0 Å². The van der Waals surface area contributed by atoms with Crippen LogP contribution in [-0.4, -0.2) is 11.4 Å². The minimum absolute atomic E-state index is 0.157. The second-order valence-electron chi connectivity index (χ2n) is 3.52. The first-order valence-electron chi connectivity index (χ1n) is 3.79. The number of rotatable bonds is 1. The summed E-state index contributed by atoms with van der Waals surface area (Å²) >= 11 is 0. The van der Waals surface area contributed by atoms with E-state index in [4.69, 9.17) is 5.26 Å². The van der Waals surface area contributed by atoms with Gasteiger partial charge in [0.25, 0.3) is 5.91 Å². The lowest BCUT2D eigenvalue weighted by molar-refractivity contribution is -0.118. The van der Waals surface area contributed by atoms with Gasteiger partial charge in [-0.2, -0.15) is 5.26 Å². The molecule has 0 aromatic rings. The highest BCUT2D eigenvalue weighted by Gasteiger charge is 2.15. The van der Waals surface area contributed by atoms with Gasteiger partial charge in [0, 0.05) is 5.54 Å². The topological polar surface area (TPSA) is 52.9 Å². The number of carbonyl (C=O) groups excluding carboxylic acids is 1. The first-order valence-corrected chi connectivity index (χ1v) is 3.79. The van der Waals surface area contributed by atoms with Crippen LogP contribution in [0.5, 0.6) is 0 Å². The molecule has 0 aliphatic rings. The maximum absolute atomic E-state index is 11.2. The summed E-state index contributed by atoms with van der Waals surface area (Å²) in [4.78, 5) is 11.2. The van der Waals surface area contributed by atoms with Gasteiger partial charge in [-0.05, 0) is 27.7 Å². The van der Waals surface area contributed by atoms with Crippen molar-refractivity contribution in [3.63, 3.8) is 0 Å². The zero-order valence-corrected chi connectivity index (χ0v) is 7.93. The van der Waals surface area contributed by atoms with Gasteiger partial charge in [-0.1, -0.05) is 6.08 Å². The Hall–Kier alpha value is -1.30. The van der Waals surface area contributed by atoms with E-state index in [0.29, 0.717) is 0 Å². The molecule has 0 spiro atoms. The maximum Gasteiger partial charge on any atom is 0.261 e. The van der Waals surface area contributed by atoms with Crippen molar-refractivity contribution in [3.05, 3.63) is 11.6 Å². The van der Waals surface area contributed by atoms with E-state index in [9.17, 15) is 4.79 Å². The summed E-state index contributed by atoms with van der Waals surface area (Å²) in [5.74, 6) is -0.312. The number of hydrogen-bond acceptors (Lipinski definition) is 2. The molecular formula is C9H14N2O. The molecule has 0 fully saturated rings. The van der Waals surface area contributed by atoms with Gasteiger partial charge in [0.2, 0.25) is 0 Å². The molecule has 0 bridgehead atoms. The molecule has 66 valence electrons. The molecule has 0 unspecified atom stereocenters. The van der Waals surface area contributed by atoms with Crippen LogP contribution in [0.1, 0.15) is 27.7 Å². The third-order valence-electron chi connectivity index (χ3n) is 1.14. The fourth-order valence-electron chi connectivity index (χ4n) is 0.654. The van der Waals surface area contributed by atoms with Crippen LogP contribution in [-0.2, 0) is 4.79 Å². The van der Waals surface area contributed by atoms with Crippen LogP contribution in [0.2, 0.25) is 0 Å². The molecule has 12 heavy (non-hydrogen) atoms. The lowest BCUT2D eigenvalue weighted by atomic mass is 10.1. The molecule has 3 heteroatoms. The Morgan fingerprint density at radius 1 is 1.50 bits per heavy atom. The first-order chi connectivity index (χ1) is 5.40. The fraction of sp³-hybridized carbons (Fsp3) is 0.556. The minimum atomic E-state index is -0.312. The number of carbonyl (C=O) groups is 1. The van der Waals surface area contributed by atoms with Gasteiger partial charge in [-0.25, -0.2) is 0 Å². The van der Waals surface area contributed by atoms with Crippen molar-refractivity contribution in [1.82, 2.24) is 5.32 Å². The smallest absolute Gasteiger partial charge is 0.261 e. The molecule has 0 heterocycles. The normalized spacial score (nSPS) is 12.1. The number of nitrogens with zero attached hydrogens (tertiary/aromatic N) is 1. The molecular weight excluding hydrogens is 152 g/mol. The van der Waals surface area contributed by atoms with E-state index in [1.807, 2.05) is 26.8 Å². The number of allylic oxidation sites excluding steroid dienone is 1. The Morgan fingerprint density at radius 3 is 2.25 bits per heavy atom. The molecule has 0 atom stereocenters. The SMILES string of the molecule is C/C=C(\C#N)C(=O)NC(C)(C)C. The van der Waals surface area contributed by atoms with Gasteiger partial charge >= 0.3 is 0 Å². The molecule has 1 N–H and O–H groups in total. The van der Waals surface area contributed by atoms with E-state index in [2.05, 4.69) is 5.32 Å². The molecule has 0 aliphatic heterocycles. The number of amides is 1. The third-order valence-corrected chi connectivity index (χ3v) is 1.14. The van der Waals surface area contributed by atoms with E-state index < -0.39 is 0 Å². The van der Waals surface area contributed by atoms with Gasteiger partial charge < -0.3 is 5.32 Å². The zero-order valence-electron chi connectivity index (χ0n) is 7.93.